The molecule has 0 saturated heterocycles. The van der Waals surface area contributed by atoms with Crippen molar-refractivity contribution in [3.63, 3.8) is 0 Å². The van der Waals surface area contributed by atoms with Crippen molar-refractivity contribution in [3.05, 3.63) is 275 Å². The molecule has 10 aromatic rings. The normalized spacial score (nSPS) is 10.9. The molecule has 0 aliphatic rings. The van der Waals surface area contributed by atoms with Crippen LogP contribution in [0.3, 0.4) is 0 Å². The van der Waals surface area contributed by atoms with E-state index >= 15 is 0 Å². The maximum absolute atomic E-state index is 7.04. The van der Waals surface area contributed by atoms with Crippen LogP contribution in [-0.4, -0.2) is 7.69 Å². The van der Waals surface area contributed by atoms with Crippen LogP contribution < -0.4 is 28.9 Å². The van der Waals surface area contributed by atoms with E-state index in [1.165, 1.54) is 52.2 Å². The van der Waals surface area contributed by atoms with Crippen LogP contribution in [0.2, 0.25) is 0 Å². The maximum Gasteiger partial charge on any atom is 0.658 e. The Morgan fingerprint density at radius 2 is 0.413 bits per heavy atom. The Hall–Kier alpha value is -8.94. The third-order valence-corrected chi connectivity index (χ3v) is 13.6. The van der Waals surface area contributed by atoms with Crippen molar-refractivity contribution in [1.29, 1.82) is 0 Å². The second-order valence-corrected chi connectivity index (χ2v) is 19.6. The topological polar surface area (TPSA) is 31.4 Å². The highest BCUT2D eigenvalue weighted by Crippen LogP contribution is 2.52. The van der Waals surface area contributed by atoms with Crippen LogP contribution in [-0.2, 0) is 0 Å². The number of nitrogens with zero attached hydrogens (tertiary/aromatic N) is 4. The molecule has 0 saturated carbocycles. The lowest BCUT2D eigenvalue weighted by atomic mass is 10.1. The zero-order valence-corrected chi connectivity index (χ0v) is 44.1. The summed E-state index contributed by atoms with van der Waals surface area (Å²) in [5.41, 5.74) is 20.8. The highest BCUT2D eigenvalue weighted by atomic mass is 16.6. The zero-order chi connectivity index (χ0) is 52.0. The minimum absolute atomic E-state index is 0.588. The maximum atomic E-state index is 7.04. The van der Waals surface area contributed by atoms with E-state index in [1.54, 1.807) is 0 Å². The molecule has 10 rings (SSSR count). The Morgan fingerprint density at radius 1 is 0.227 bits per heavy atom. The van der Waals surface area contributed by atoms with E-state index in [0.717, 1.165) is 68.2 Å². The lowest BCUT2D eigenvalue weighted by Gasteiger charge is -2.35. The minimum atomic E-state index is 0.588. The average molecular weight is 978 g/mol. The summed E-state index contributed by atoms with van der Waals surface area (Å²) in [5.74, 6) is 1.18. The van der Waals surface area contributed by atoms with Crippen LogP contribution in [0, 0.1) is 55.4 Å². The molecule has 0 spiro atoms. The molecule has 0 unspecified atom stereocenters. The van der Waals surface area contributed by atoms with Gasteiger partial charge in [0.15, 0.2) is 0 Å². The molecule has 10 aromatic carbocycles. The Labute approximate surface area is 444 Å². The Kier molecular flexibility index (Phi) is 14.6. The van der Waals surface area contributed by atoms with Crippen molar-refractivity contribution in [3.8, 4) is 11.5 Å². The fraction of sp³-hybridized carbons (Fsp3) is 0.118. The molecule has 6 nitrogen and oxygen atoms in total. The number of rotatable bonds is 16. The fourth-order valence-electron chi connectivity index (χ4n) is 9.37. The number of benzene rings is 10. The summed E-state index contributed by atoms with van der Waals surface area (Å²) >= 11 is 0. The molecule has 75 heavy (non-hydrogen) atoms. The number of anilines is 12. The second-order valence-electron chi connectivity index (χ2n) is 19.6. The van der Waals surface area contributed by atoms with Crippen LogP contribution in [0.5, 0.6) is 11.5 Å². The van der Waals surface area contributed by atoms with Crippen molar-refractivity contribution in [1.82, 2.24) is 0 Å². The third kappa shape index (κ3) is 11.0. The molecule has 0 aliphatic heterocycles. The van der Waals surface area contributed by atoms with E-state index in [0.29, 0.717) is 11.5 Å². The van der Waals surface area contributed by atoms with E-state index in [4.69, 9.17) is 9.31 Å². The van der Waals surface area contributed by atoms with Crippen LogP contribution >= 0.6 is 0 Å². The standard InChI is InChI=1S/C68H62BN4O2/c1-47-15-31-55(32-16-47)70(56-33-17-48(2)18-34-56)63-11-9-13-65(67(63)72(59-39-23-51(5)24-40-59)60-41-25-52(6)26-42-60)74-69-75-66-14-10-12-64(71(57-35-19-49(3)20-36-57)58-37-21-50(4)22-38-58)68(66)73(61-43-27-53(7)28-44-61)62-45-29-54(8)30-46-62/h9-46H,1-8H3. The van der Waals surface area contributed by atoms with Crippen LogP contribution in [0.4, 0.5) is 68.2 Å². The third-order valence-electron chi connectivity index (χ3n) is 13.6. The first-order valence-electron chi connectivity index (χ1n) is 25.6. The van der Waals surface area contributed by atoms with E-state index in [9.17, 15) is 0 Å². The van der Waals surface area contributed by atoms with Crippen molar-refractivity contribution >= 4 is 75.9 Å². The summed E-state index contributed by atoms with van der Waals surface area (Å²) in [6.45, 7) is 17.0. The van der Waals surface area contributed by atoms with E-state index in [2.05, 4.69) is 293 Å². The van der Waals surface area contributed by atoms with Crippen LogP contribution in [0.25, 0.3) is 0 Å². The fourth-order valence-corrected chi connectivity index (χ4v) is 9.37. The first kappa shape index (κ1) is 49.6. The van der Waals surface area contributed by atoms with Gasteiger partial charge in [-0.15, -0.1) is 0 Å². The van der Waals surface area contributed by atoms with Gasteiger partial charge >= 0.3 is 7.69 Å². The van der Waals surface area contributed by atoms with Crippen LogP contribution in [0.1, 0.15) is 44.5 Å². The van der Waals surface area contributed by atoms with Gasteiger partial charge in [-0.1, -0.05) is 154 Å². The predicted molar refractivity (Wildman–Crippen MR) is 317 cm³/mol. The molecule has 0 aromatic heterocycles. The van der Waals surface area contributed by atoms with Crippen molar-refractivity contribution in [2.75, 3.05) is 19.6 Å². The Bertz CT molecular complexity index is 3090. The van der Waals surface area contributed by atoms with Gasteiger partial charge < -0.3 is 28.9 Å². The van der Waals surface area contributed by atoms with E-state index in [1.807, 2.05) is 12.1 Å². The number of hydrogen-bond donors (Lipinski definition) is 0. The molecule has 0 atom stereocenters. The van der Waals surface area contributed by atoms with E-state index < -0.39 is 0 Å². The highest BCUT2D eigenvalue weighted by Gasteiger charge is 2.29. The molecule has 0 bridgehead atoms. The van der Waals surface area contributed by atoms with Crippen molar-refractivity contribution < 1.29 is 9.31 Å². The van der Waals surface area contributed by atoms with Crippen molar-refractivity contribution in [2.45, 2.75) is 55.4 Å². The first-order chi connectivity index (χ1) is 36.5. The zero-order valence-electron chi connectivity index (χ0n) is 44.1. The number of para-hydroxylation sites is 2. The minimum Gasteiger partial charge on any atom is -0.525 e. The molecule has 0 N–H and O–H groups in total. The molecule has 0 amide bonds. The predicted octanol–water partition coefficient (Wildman–Crippen LogP) is 19.0. The molecule has 7 heteroatoms. The first-order valence-corrected chi connectivity index (χ1v) is 25.6. The number of aryl methyl sites for hydroxylation is 8. The van der Waals surface area contributed by atoms with Gasteiger partial charge in [-0.2, -0.15) is 0 Å². The largest absolute Gasteiger partial charge is 0.658 e. The molecule has 0 heterocycles. The number of hydrogen-bond acceptors (Lipinski definition) is 6. The Morgan fingerprint density at radius 3 is 0.613 bits per heavy atom. The Balaban J connectivity index is 1.17. The monoisotopic (exact) mass is 977 g/mol. The summed E-state index contributed by atoms with van der Waals surface area (Å²) < 4.78 is 14.1. The van der Waals surface area contributed by atoms with Gasteiger partial charge in [0.25, 0.3) is 0 Å². The molecule has 1 radical (unpaired) electrons. The lowest BCUT2D eigenvalue weighted by molar-refractivity contribution is 0.460. The summed E-state index contributed by atoms with van der Waals surface area (Å²) in [6, 6.07) is 81.9. The summed E-state index contributed by atoms with van der Waals surface area (Å²) in [7, 11) is 1.49. The molecule has 0 aliphatic carbocycles. The van der Waals surface area contributed by atoms with Gasteiger partial charge in [0.1, 0.15) is 22.9 Å². The molecular formula is C68H62BN4O2. The van der Waals surface area contributed by atoms with Gasteiger partial charge in [-0.25, -0.2) is 0 Å². The smallest absolute Gasteiger partial charge is 0.525 e. The van der Waals surface area contributed by atoms with Gasteiger partial charge in [0, 0.05) is 45.5 Å². The molecule has 369 valence electrons. The van der Waals surface area contributed by atoms with Crippen molar-refractivity contribution in [2.24, 2.45) is 0 Å². The average Bonchev–Trinajstić information content (AvgIpc) is 3.42. The lowest BCUT2D eigenvalue weighted by Crippen LogP contribution is -2.21. The second kappa shape index (κ2) is 22.0. The molecular weight excluding hydrogens is 916 g/mol. The SMILES string of the molecule is Cc1ccc(N(c2ccc(C)cc2)c2cccc(O[B]Oc3cccc(N(c4ccc(C)cc4)c4ccc(C)cc4)c3N(c3ccc(C)cc3)c3ccc(C)cc3)c2N(c2ccc(C)cc2)c2ccc(C)cc2)cc1. The van der Waals surface area contributed by atoms with Crippen LogP contribution in [0.15, 0.2) is 231 Å². The summed E-state index contributed by atoms with van der Waals surface area (Å²) in [5, 5.41) is 0. The summed E-state index contributed by atoms with van der Waals surface area (Å²) in [6.07, 6.45) is 0. The van der Waals surface area contributed by atoms with Gasteiger partial charge in [-0.3, -0.25) is 0 Å². The van der Waals surface area contributed by atoms with E-state index in [-0.39, 0.29) is 0 Å². The van der Waals surface area contributed by atoms with Gasteiger partial charge in [-0.05, 0) is 177 Å². The van der Waals surface area contributed by atoms with Gasteiger partial charge in [0.2, 0.25) is 0 Å². The molecule has 0 fully saturated rings. The quantitative estimate of drug-likeness (QED) is 0.0897. The summed E-state index contributed by atoms with van der Waals surface area (Å²) in [4.78, 5) is 9.20. The van der Waals surface area contributed by atoms with Gasteiger partial charge in [0.05, 0.1) is 11.4 Å². The highest BCUT2D eigenvalue weighted by molar-refractivity contribution is 6.22.